The highest BCUT2D eigenvalue weighted by atomic mass is 19.1. The molecular weight excluding hydrogens is 442 g/mol. The summed E-state index contributed by atoms with van der Waals surface area (Å²) in [6, 6.07) is 11.7. The number of halogens is 2. The first-order valence-corrected chi connectivity index (χ1v) is 10.7. The van der Waals surface area contributed by atoms with Crippen LogP contribution in [-0.4, -0.2) is 28.7 Å². The number of rotatable bonds is 6. The van der Waals surface area contributed by atoms with Gasteiger partial charge in [-0.05, 0) is 47.9 Å². The molecule has 4 rings (SSSR count). The number of nitrogens with one attached hydrogen (secondary N) is 2. The van der Waals surface area contributed by atoms with Gasteiger partial charge in [0, 0.05) is 12.3 Å². The van der Waals surface area contributed by atoms with Crippen LogP contribution >= 0.6 is 0 Å². The van der Waals surface area contributed by atoms with Gasteiger partial charge in [0.25, 0.3) is 5.91 Å². The van der Waals surface area contributed by atoms with E-state index in [2.05, 4.69) is 15.6 Å². The van der Waals surface area contributed by atoms with Gasteiger partial charge >= 0.3 is 0 Å². The zero-order valence-electron chi connectivity index (χ0n) is 18.3. The lowest BCUT2D eigenvalue weighted by molar-refractivity contribution is -0.131. The van der Waals surface area contributed by atoms with Crippen molar-refractivity contribution in [3.8, 4) is 0 Å². The lowest BCUT2D eigenvalue weighted by atomic mass is 9.94. The molecular formula is C25H22F2N4O3. The first kappa shape index (κ1) is 23.0. The highest BCUT2D eigenvalue weighted by molar-refractivity contribution is 6.02. The summed E-state index contributed by atoms with van der Waals surface area (Å²) in [4.78, 5) is 44.1. The third-order valence-electron chi connectivity index (χ3n) is 5.51. The largest absolute Gasteiger partial charge is 0.344 e. The molecule has 3 aromatic rings. The molecule has 0 aliphatic carbocycles. The van der Waals surface area contributed by atoms with Gasteiger partial charge < -0.3 is 15.5 Å². The Morgan fingerprint density at radius 2 is 1.85 bits per heavy atom. The number of pyridine rings is 1. The Morgan fingerprint density at radius 1 is 1.12 bits per heavy atom. The summed E-state index contributed by atoms with van der Waals surface area (Å²) in [6.07, 6.45) is 2.88. The van der Waals surface area contributed by atoms with Crippen LogP contribution in [-0.2, 0) is 27.3 Å². The van der Waals surface area contributed by atoms with E-state index in [0.29, 0.717) is 23.9 Å². The van der Waals surface area contributed by atoms with Crippen LogP contribution in [0.1, 0.15) is 29.7 Å². The van der Waals surface area contributed by atoms with Gasteiger partial charge in [0.15, 0.2) is 0 Å². The zero-order valence-corrected chi connectivity index (χ0v) is 18.3. The molecule has 1 aliphatic rings. The number of benzene rings is 2. The van der Waals surface area contributed by atoms with Crippen LogP contribution in [0.4, 0.5) is 14.5 Å². The normalized spacial score (nSPS) is 15.9. The molecule has 0 radical (unpaired) electrons. The molecule has 2 aromatic carbocycles. The molecule has 1 aromatic heterocycles. The van der Waals surface area contributed by atoms with E-state index in [1.54, 1.807) is 41.6 Å². The van der Waals surface area contributed by atoms with Gasteiger partial charge in [0.1, 0.15) is 23.7 Å². The summed E-state index contributed by atoms with van der Waals surface area (Å²) >= 11 is 0. The number of carbonyl (C=O) groups is 3. The van der Waals surface area contributed by atoms with E-state index in [1.165, 1.54) is 6.92 Å². The molecule has 7 nitrogen and oxygen atoms in total. The molecule has 9 heteroatoms. The van der Waals surface area contributed by atoms with Crippen molar-refractivity contribution < 1.29 is 23.2 Å². The zero-order chi connectivity index (χ0) is 24.2. The monoisotopic (exact) mass is 464 g/mol. The van der Waals surface area contributed by atoms with Crippen molar-refractivity contribution in [3.05, 3.63) is 95.3 Å². The van der Waals surface area contributed by atoms with Crippen molar-refractivity contribution in [3.63, 3.8) is 0 Å². The van der Waals surface area contributed by atoms with Crippen molar-refractivity contribution in [1.82, 2.24) is 15.6 Å². The maximum absolute atomic E-state index is 13.4. The molecule has 1 aliphatic heterocycles. The summed E-state index contributed by atoms with van der Waals surface area (Å²) in [5, 5.41) is 5.23. The Bertz CT molecular complexity index is 1220. The topological polar surface area (TPSA) is 91.4 Å². The van der Waals surface area contributed by atoms with Crippen LogP contribution in [0.15, 0.2) is 67.0 Å². The van der Waals surface area contributed by atoms with Crippen LogP contribution in [0.25, 0.3) is 0 Å². The summed E-state index contributed by atoms with van der Waals surface area (Å²) < 4.78 is 26.7. The van der Waals surface area contributed by atoms with E-state index < -0.39 is 35.5 Å². The third kappa shape index (κ3) is 5.09. The first-order valence-electron chi connectivity index (χ1n) is 10.7. The quantitative estimate of drug-likeness (QED) is 0.587. The van der Waals surface area contributed by atoms with Gasteiger partial charge in [0.05, 0.1) is 24.8 Å². The second kappa shape index (κ2) is 9.78. The van der Waals surface area contributed by atoms with Gasteiger partial charge in [-0.25, -0.2) is 8.78 Å². The number of aromatic nitrogens is 1. The van der Waals surface area contributed by atoms with Crippen LogP contribution < -0.4 is 15.5 Å². The van der Waals surface area contributed by atoms with Gasteiger partial charge in [-0.3, -0.25) is 19.4 Å². The maximum Gasteiger partial charge on any atom is 0.254 e. The summed E-state index contributed by atoms with van der Waals surface area (Å²) in [5.41, 5.74) is 2.30. The average Bonchev–Trinajstić information content (AvgIpc) is 2.80. The van der Waals surface area contributed by atoms with E-state index in [-0.39, 0.29) is 17.9 Å². The van der Waals surface area contributed by atoms with Gasteiger partial charge in [-0.1, -0.05) is 24.3 Å². The van der Waals surface area contributed by atoms with Crippen LogP contribution in [0, 0.1) is 11.6 Å². The Balaban J connectivity index is 1.47. The molecule has 0 saturated carbocycles. The third-order valence-corrected chi connectivity index (χ3v) is 5.51. The Morgan fingerprint density at radius 3 is 2.56 bits per heavy atom. The SMILES string of the molecule is CC(NC(=O)Cc1cc(F)cc(F)c1)C(=O)NC1C(=O)N(c2cccnc2)Cc2ccccc21. The smallest absolute Gasteiger partial charge is 0.254 e. The molecule has 3 amide bonds. The second-order valence-electron chi connectivity index (χ2n) is 8.02. The molecule has 0 fully saturated rings. The van der Waals surface area contributed by atoms with Gasteiger partial charge in [-0.2, -0.15) is 0 Å². The number of anilines is 1. The minimum absolute atomic E-state index is 0.145. The van der Waals surface area contributed by atoms with E-state index in [1.807, 2.05) is 12.1 Å². The van der Waals surface area contributed by atoms with Gasteiger partial charge in [0.2, 0.25) is 11.8 Å². The number of fused-ring (bicyclic) bond motifs is 1. The Kier molecular flexibility index (Phi) is 6.62. The summed E-state index contributed by atoms with van der Waals surface area (Å²) in [6.45, 7) is 1.81. The number of hydrogen-bond donors (Lipinski definition) is 2. The molecule has 0 bridgehead atoms. The lowest BCUT2D eigenvalue weighted by Gasteiger charge is -2.34. The van der Waals surface area contributed by atoms with E-state index in [9.17, 15) is 23.2 Å². The highest BCUT2D eigenvalue weighted by Gasteiger charge is 2.35. The van der Waals surface area contributed by atoms with E-state index in [4.69, 9.17) is 0 Å². The first-order chi connectivity index (χ1) is 16.3. The van der Waals surface area contributed by atoms with Crippen molar-refractivity contribution in [2.24, 2.45) is 0 Å². The van der Waals surface area contributed by atoms with E-state index >= 15 is 0 Å². The molecule has 0 saturated heterocycles. The minimum Gasteiger partial charge on any atom is -0.344 e. The van der Waals surface area contributed by atoms with Crippen molar-refractivity contribution in [1.29, 1.82) is 0 Å². The number of carbonyl (C=O) groups excluding carboxylic acids is 3. The predicted molar refractivity (Wildman–Crippen MR) is 120 cm³/mol. The molecule has 34 heavy (non-hydrogen) atoms. The fourth-order valence-electron chi connectivity index (χ4n) is 3.89. The average molecular weight is 464 g/mol. The molecule has 174 valence electrons. The number of amides is 3. The minimum atomic E-state index is -0.986. The fourth-order valence-corrected chi connectivity index (χ4v) is 3.89. The molecule has 0 spiro atoms. The number of hydrogen-bond acceptors (Lipinski definition) is 4. The number of nitrogens with zero attached hydrogens (tertiary/aromatic N) is 2. The van der Waals surface area contributed by atoms with Crippen LogP contribution in [0.5, 0.6) is 0 Å². The van der Waals surface area contributed by atoms with E-state index in [0.717, 1.165) is 17.7 Å². The van der Waals surface area contributed by atoms with Gasteiger partial charge in [-0.15, -0.1) is 0 Å². The van der Waals surface area contributed by atoms with Crippen molar-refractivity contribution in [2.45, 2.75) is 32.0 Å². The maximum atomic E-state index is 13.4. The van der Waals surface area contributed by atoms with Crippen LogP contribution in [0.2, 0.25) is 0 Å². The van der Waals surface area contributed by atoms with Crippen LogP contribution in [0.3, 0.4) is 0 Å². The fraction of sp³-hybridized carbons (Fsp3) is 0.200. The summed E-state index contributed by atoms with van der Waals surface area (Å²) in [5.74, 6) is -3.06. The molecule has 2 heterocycles. The Labute approximate surface area is 194 Å². The molecule has 2 unspecified atom stereocenters. The Hall–Kier alpha value is -4.14. The highest BCUT2D eigenvalue weighted by Crippen LogP contribution is 2.31. The molecule has 2 atom stereocenters. The predicted octanol–water partition coefficient (Wildman–Crippen LogP) is 2.81. The molecule has 2 N–H and O–H groups in total. The standard InChI is InChI=1S/C25H22F2N4O3/c1-15(29-22(32)11-16-9-18(26)12-19(27)10-16)24(33)30-23-21-7-3-2-5-17(21)14-31(25(23)34)20-6-4-8-28-13-20/h2-10,12-13,15,23H,11,14H2,1H3,(H,29,32)(H,30,33). The summed E-state index contributed by atoms with van der Waals surface area (Å²) in [7, 11) is 0. The second-order valence-corrected chi connectivity index (χ2v) is 8.02. The van der Waals surface area contributed by atoms with Crippen molar-refractivity contribution in [2.75, 3.05) is 4.90 Å². The van der Waals surface area contributed by atoms with Crippen molar-refractivity contribution >= 4 is 23.4 Å². The lowest BCUT2D eigenvalue weighted by Crippen LogP contribution is -2.51.